The molecule has 1 aromatic carbocycles. The van der Waals surface area contributed by atoms with Gasteiger partial charge in [0.05, 0.1) is 19.2 Å². The van der Waals surface area contributed by atoms with E-state index in [4.69, 9.17) is 21.1 Å². The average molecular weight is 354 g/mol. The van der Waals surface area contributed by atoms with Gasteiger partial charge in [-0.1, -0.05) is 17.7 Å². The molecular weight excluding hydrogens is 338 g/mol. The normalized spacial score (nSPS) is 11.6. The van der Waals surface area contributed by atoms with Crippen molar-refractivity contribution >= 4 is 40.5 Å². The van der Waals surface area contributed by atoms with Crippen LogP contribution >= 0.6 is 22.9 Å². The number of rotatable bonds is 6. The average Bonchev–Trinajstić information content (AvgIpc) is 3.00. The molecule has 1 heterocycles. The lowest BCUT2D eigenvalue weighted by Crippen LogP contribution is -2.30. The maximum atomic E-state index is 12.1. The molecule has 0 saturated heterocycles. The van der Waals surface area contributed by atoms with Crippen molar-refractivity contribution in [3.05, 3.63) is 45.6 Å². The van der Waals surface area contributed by atoms with E-state index in [2.05, 4.69) is 5.32 Å². The van der Waals surface area contributed by atoms with Gasteiger partial charge < -0.3 is 14.8 Å². The first-order chi connectivity index (χ1) is 11.0. The Morgan fingerprint density at radius 2 is 2.13 bits per heavy atom. The fraction of sp³-hybridized carbons (Fsp3) is 0.250. The van der Waals surface area contributed by atoms with Crippen LogP contribution in [0.5, 0.6) is 5.75 Å². The number of thiophene rings is 1. The van der Waals surface area contributed by atoms with E-state index in [1.807, 2.05) is 17.5 Å². The summed E-state index contributed by atoms with van der Waals surface area (Å²) in [7, 11) is 1.49. The maximum Gasteiger partial charge on any atom is 0.311 e. The molecule has 0 fully saturated rings. The number of anilines is 1. The maximum absolute atomic E-state index is 12.1. The molecule has 5 nitrogen and oxygen atoms in total. The summed E-state index contributed by atoms with van der Waals surface area (Å²) >= 11 is 7.37. The Kier molecular flexibility index (Phi) is 6.01. The van der Waals surface area contributed by atoms with E-state index < -0.39 is 18.0 Å². The fourth-order valence-corrected chi connectivity index (χ4v) is 2.72. The van der Waals surface area contributed by atoms with Gasteiger partial charge in [0, 0.05) is 9.90 Å². The third kappa shape index (κ3) is 4.97. The van der Waals surface area contributed by atoms with Crippen LogP contribution in [0.25, 0.3) is 0 Å². The minimum Gasteiger partial charge on any atom is -0.495 e. The van der Waals surface area contributed by atoms with Crippen molar-refractivity contribution in [3.8, 4) is 5.75 Å². The van der Waals surface area contributed by atoms with Gasteiger partial charge in [-0.3, -0.25) is 9.59 Å². The minimum atomic E-state index is -0.925. The first-order valence-corrected chi connectivity index (χ1v) is 8.11. The van der Waals surface area contributed by atoms with Gasteiger partial charge in [0.1, 0.15) is 5.75 Å². The SMILES string of the molecule is COc1ccc(Cl)cc1NC(=O)[C@@H](C)OC(=O)Cc1cccs1. The number of benzene rings is 1. The highest BCUT2D eigenvalue weighted by Gasteiger charge is 2.19. The number of esters is 1. The largest absolute Gasteiger partial charge is 0.495 e. The molecule has 1 aromatic heterocycles. The Morgan fingerprint density at radius 1 is 1.35 bits per heavy atom. The number of nitrogens with one attached hydrogen (secondary N) is 1. The quantitative estimate of drug-likeness (QED) is 0.807. The monoisotopic (exact) mass is 353 g/mol. The summed E-state index contributed by atoms with van der Waals surface area (Å²) in [6.07, 6.45) is -0.776. The number of ether oxygens (including phenoxy) is 2. The molecule has 0 saturated carbocycles. The first-order valence-electron chi connectivity index (χ1n) is 6.86. The van der Waals surface area contributed by atoms with Gasteiger partial charge in [0.2, 0.25) is 0 Å². The van der Waals surface area contributed by atoms with Gasteiger partial charge in [0.15, 0.2) is 6.10 Å². The van der Waals surface area contributed by atoms with Gasteiger partial charge in [-0.05, 0) is 36.6 Å². The molecule has 23 heavy (non-hydrogen) atoms. The van der Waals surface area contributed by atoms with Gasteiger partial charge in [-0.15, -0.1) is 11.3 Å². The van der Waals surface area contributed by atoms with Crippen molar-refractivity contribution in [2.45, 2.75) is 19.4 Å². The molecule has 0 aliphatic heterocycles. The smallest absolute Gasteiger partial charge is 0.311 e. The van der Waals surface area contributed by atoms with E-state index in [9.17, 15) is 9.59 Å². The van der Waals surface area contributed by atoms with Crippen molar-refractivity contribution in [2.75, 3.05) is 12.4 Å². The van der Waals surface area contributed by atoms with Crippen LogP contribution in [-0.4, -0.2) is 25.1 Å². The standard InChI is InChI=1S/C16H16ClNO4S/c1-10(22-15(19)9-12-4-3-7-23-12)16(20)18-13-8-11(17)5-6-14(13)21-2/h3-8,10H,9H2,1-2H3,(H,18,20)/t10-/m1/s1. The summed E-state index contributed by atoms with van der Waals surface area (Å²) in [6.45, 7) is 1.51. The van der Waals surface area contributed by atoms with Crippen molar-refractivity contribution in [2.24, 2.45) is 0 Å². The van der Waals surface area contributed by atoms with Crippen LogP contribution in [0.2, 0.25) is 5.02 Å². The summed E-state index contributed by atoms with van der Waals surface area (Å²) in [4.78, 5) is 24.8. The van der Waals surface area contributed by atoms with Crippen molar-refractivity contribution < 1.29 is 19.1 Å². The van der Waals surface area contributed by atoms with Crippen LogP contribution in [0.4, 0.5) is 5.69 Å². The van der Waals surface area contributed by atoms with E-state index in [1.165, 1.54) is 25.4 Å². The van der Waals surface area contributed by atoms with Crippen LogP contribution in [0, 0.1) is 0 Å². The highest BCUT2D eigenvalue weighted by molar-refractivity contribution is 7.10. The number of hydrogen-bond donors (Lipinski definition) is 1. The van der Waals surface area contributed by atoms with E-state index in [0.29, 0.717) is 16.5 Å². The van der Waals surface area contributed by atoms with E-state index in [1.54, 1.807) is 18.2 Å². The number of carbonyl (C=O) groups is 2. The zero-order chi connectivity index (χ0) is 16.8. The van der Waals surface area contributed by atoms with Crippen LogP contribution in [-0.2, 0) is 20.7 Å². The van der Waals surface area contributed by atoms with Gasteiger partial charge >= 0.3 is 5.97 Å². The Morgan fingerprint density at radius 3 is 2.78 bits per heavy atom. The third-order valence-electron chi connectivity index (χ3n) is 3.00. The molecule has 0 aliphatic carbocycles. The lowest BCUT2D eigenvalue weighted by atomic mass is 10.2. The Hall–Kier alpha value is -2.05. The minimum absolute atomic E-state index is 0.149. The first kappa shape index (κ1) is 17.3. The molecule has 1 N–H and O–H groups in total. The van der Waals surface area contributed by atoms with Crippen LogP contribution in [0.3, 0.4) is 0 Å². The predicted octanol–water partition coefficient (Wildman–Crippen LogP) is 3.52. The Bertz CT molecular complexity index is 687. The highest BCUT2D eigenvalue weighted by Crippen LogP contribution is 2.27. The molecule has 1 amide bonds. The number of amides is 1. The topological polar surface area (TPSA) is 64.6 Å². The van der Waals surface area contributed by atoms with Gasteiger partial charge in [0.25, 0.3) is 5.91 Å². The molecular formula is C16H16ClNO4S. The molecule has 2 rings (SSSR count). The van der Waals surface area contributed by atoms with Crippen molar-refractivity contribution in [1.29, 1.82) is 0 Å². The second kappa shape index (κ2) is 7.99. The van der Waals surface area contributed by atoms with Crippen LogP contribution in [0.15, 0.2) is 35.7 Å². The van der Waals surface area contributed by atoms with Crippen molar-refractivity contribution in [1.82, 2.24) is 0 Å². The number of halogens is 1. The summed E-state index contributed by atoms with van der Waals surface area (Å²) in [6, 6.07) is 8.56. The molecule has 122 valence electrons. The van der Waals surface area contributed by atoms with Gasteiger partial charge in [-0.25, -0.2) is 0 Å². The van der Waals surface area contributed by atoms with E-state index in [0.717, 1.165) is 4.88 Å². The Balaban J connectivity index is 1.94. The molecule has 0 bridgehead atoms. The summed E-state index contributed by atoms with van der Waals surface area (Å²) in [5, 5.41) is 4.98. The van der Waals surface area contributed by atoms with E-state index >= 15 is 0 Å². The molecule has 0 aliphatic rings. The molecule has 1 atom stereocenters. The Labute approximate surface area is 143 Å². The van der Waals surface area contributed by atoms with E-state index in [-0.39, 0.29) is 6.42 Å². The zero-order valence-electron chi connectivity index (χ0n) is 12.7. The van der Waals surface area contributed by atoms with Crippen LogP contribution < -0.4 is 10.1 Å². The lowest BCUT2D eigenvalue weighted by molar-refractivity contribution is -0.152. The summed E-state index contributed by atoms with van der Waals surface area (Å²) < 4.78 is 10.3. The number of hydrogen-bond acceptors (Lipinski definition) is 5. The number of methoxy groups -OCH3 is 1. The second-order valence-corrected chi connectivity index (χ2v) is 6.19. The summed E-state index contributed by atoms with van der Waals surface area (Å²) in [5.41, 5.74) is 0.422. The van der Waals surface area contributed by atoms with Gasteiger partial charge in [-0.2, -0.15) is 0 Å². The molecule has 0 spiro atoms. The molecule has 2 aromatic rings. The third-order valence-corrected chi connectivity index (χ3v) is 4.11. The summed E-state index contributed by atoms with van der Waals surface area (Å²) in [5.74, 6) is -0.432. The predicted molar refractivity (Wildman–Crippen MR) is 90.2 cm³/mol. The lowest BCUT2D eigenvalue weighted by Gasteiger charge is -2.15. The molecule has 0 unspecified atom stereocenters. The number of carbonyl (C=O) groups excluding carboxylic acids is 2. The second-order valence-electron chi connectivity index (χ2n) is 4.72. The highest BCUT2D eigenvalue weighted by atomic mass is 35.5. The zero-order valence-corrected chi connectivity index (χ0v) is 14.2. The van der Waals surface area contributed by atoms with Crippen LogP contribution in [0.1, 0.15) is 11.8 Å². The molecule has 0 radical (unpaired) electrons. The fourth-order valence-electron chi connectivity index (χ4n) is 1.86. The van der Waals surface area contributed by atoms with Crippen molar-refractivity contribution in [3.63, 3.8) is 0 Å². The molecule has 7 heteroatoms.